The van der Waals surface area contributed by atoms with Gasteiger partial charge in [0.25, 0.3) is 0 Å². The first kappa shape index (κ1) is 26.5. The molecule has 1 aliphatic rings. The Balaban J connectivity index is 1.25. The van der Waals surface area contributed by atoms with Crippen LogP contribution in [0.15, 0.2) is 60.9 Å². The van der Waals surface area contributed by atoms with Gasteiger partial charge in [-0.25, -0.2) is 19.4 Å². The minimum absolute atomic E-state index is 0.181. The first-order chi connectivity index (χ1) is 19.1. The van der Waals surface area contributed by atoms with Gasteiger partial charge in [0.15, 0.2) is 5.65 Å². The van der Waals surface area contributed by atoms with E-state index in [1.54, 1.807) is 0 Å². The highest BCUT2D eigenvalue weighted by molar-refractivity contribution is 5.98. The summed E-state index contributed by atoms with van der Waals surface area (Å²) in [5, 5.41) is 14.3. The molecule has 204 valence electrons. The maximum absolute atomic E-state index is 10.5. The molecule has 39 heavy (non-hydrogen) atoms. The number of likely N-dealkylation sites (tertiary alicyclic amines) is 1. The van der Waals surface area contributed by atoms with Gasteiger partial charge in [-0.3, -0.25) is 0 Å². The van der Waals surface area contributed by atoms with Crippen LogP contribution in [0.2, 0.25) is 0 Å². The van der Waals surface area contributed by atoms with Crippen molar-refractivity contribution in [2.45, 2.75) is 18.9 Å². The lowest BCUT2D eigenvalue weighted by molar-refractivity contribution is -0.142. The molecule has 0 amide bonds. The zero-order chi connectivity index (χ0) is 27.0. The van der Waals surface area contributed by atoms with E-state index in [-0.39, 0.29) is 19.3 Å². The summed E-state index contributed by atoms with van der Waals surface area (Å²) in [7, 11) is 0. The largest absolute Gasteiger partial charge is 0.480 e. The predicted octanol–water partition coefficient (Wildman–Crippen LogP) is 3.62. The van der Waals surface area contributed by atoms with Crippen molar-refractivity contribution in [3.8, 4) is 22.8 Å². The smallest absolute Gasteiger partial charge is 0.329 e. The lowest BCUT2D eigenvalue weighted by Crippen LogP contribution is -2.37. The topological polar surface area (TPSA) is 138 Å². The maximum atomic E-state index is 10.5. The molecule has 0 atom stereocenters. The number of nitrogen functional groups attached to an aromatic ring is 1. The van der Waals surface area contributed by atoms with E-state index in [0.717, 1.165) is 60.5 Å². The number of carbonyl (C=O) groups is 1. The Hall–Kier alpha value is -4.06. The monoisotopic (exact) mass is 532 g/mol. The van der Waals surface area contributed by atoms with Crippen molar-refractivity contribution in [1.82, 2.24) is 24.6 Å². The average molecular weight is 533 g/mol. The standard InChI is InChI=1S/C28H32N6O5/c29-27-25-26(20-5-4-8-23(17-20)39-22-6-2-1-3-7-22)32-34(28(25)31-19-30-27)21-9-11-33(12-10-21)13-14-37-15-16-38-18-24(35)36/h1-8,17,19,21H,9-16,18H2,(H,35,36)(H2,29,30,31). The van der Waals surface area contributed by atoms with Crippen molar-refractivity contribution in [3.05, 3.63) is 60.9 Å². The number of para-hydroxylation sites is 1. The summed E-state index contributed by atoms with van der Waals surface area (Å²) in [6, 6.07) is 17.6. The number of nitrogens with zero attached hydrogens (tertiary/aromatic N) is 5. The van der Waals surface area contributed by atoms with E-state index in [9.17, 15) is 4.79 Å². The number of hydrogen-bond acceptors (Lipinski definition) is 9. The third-order valence-electron chi connectivity index (χ3n) is 6.66. The van der Waals surface area contributed by atoms with Gasteiger partial charge >= 0.3 is 5.97 Å². The number of piperidine rings is 1. The Morgan fingerprint density at radius 1 is 0.974 bits per heavy atom. The minimum Gasteiger partial charge on any atom is -0.480 e. The second-order valence-electron chi connectivity index (χ2n) is 9.33. The fourth-order valence-electron chi connectivity index (χ4n) is 4.74. The zero-order valence-electron chi connectivity index (χ0n) is 21.6. The summed E-state index contributed by atoms with van der Waals surface area (Å²) in [4.78, 5) is 21.6. The maximum Gasteiger partial charge on any atom is 0.329 e. The number of nitrogens with two attached hydrogens (primary N) is 1. The van der Waals surface area contributed by atoms with Crippen LogP contribution < -0.4 is 10.5 Å². The van der Waals surface area contributed by atoms with Crippen molar-refractivity contribution >= 4 is 22.8 Å². The summed E-state index contributed by atoms with van der Waals surface area (Å²) in [5.41, 5.74) is 8.69. The number of aliphatic carboxylic acids is 1. The number of fused-ring (bicyclic) bond motifs is 1. The quantitative estimate of drug-likeness (QED) is 0.260. The highest BCUT2D eigenvalue weighted by Crippen LogP contribution is 2.35. The number of hydrogen-bond donors (Lipinski definition) is 2. The summed E-state index contributed by atoms with van der Waals surface area (Å²) < 4.78 is 18.6. The first-order valence-electron chi connectivity index (χ1n) is 13.0. The van der Waals surface area contributed by atoms with Gasteiger partial charge in [-0.1, -0.05) is 30.3 Å². The van der Waals surface area contributed by atoms with Gasteiger partial charge in [-0.2, -0.15) is 5.10 Å². The second-order valence-corrected chi connectivity index (χ2v) is 9.33. The number of benzene rings is 2. The fraction of sp³-hybridized carbons (Fsp3) is 0.357. The molecular weight excluding hydrogens is 500 g/mol. The van der Waals surface area contributed by atoms with E-state index in [2.05, 4.69) is 14.9 Å². The molecule has 4 aromatic rings. The SMILES string of the molecule is Nc1ncnc2c1c(-c1cccc(Oc3ccccc3)c1)nn2C1CCN(CCOCCOCC(=O)O)CC1. The number of aromatic nitrogens is 4. The number of carboxylic acid groups (broad SMARTS) is 1. The highest BCUT2D eigenvalue weighted by atomic mass is 16.5. The normalized spacial score (nSPS) is 14.6. The molecule has 3 N–H and O–H groups in total. The number of ether oxygens (including phenoxy) is 3. The lowest BCUT2D eigenvalue weighted by atomic mass is 10.1. The molecule has 1 saturated heterocycles. The average Bonchev–Trinajstić information content (AvgIpc) is 3.35. The minimum atomic E-state index is -0.977. The van der Waals surface area contributed by atoms with Crippen molar-refractivity contribution in [2.24, 2.45) is 0 Å². The van der Waals surface area contributed by atoms with Crippen molar-refractivity contribution in [3.63, 3.8) is 0 Å². The van der Waals surface area contributed by atoms with E-state index in [1.165, 1.54) is 6.33 Å². The van der Waals surface area contributed by atoms with E-state index >= 15 is 0 Å². The van der Waals surface area contributed by atoms with Gasteiger partial charge in [0.2, 0.25) is 0 Å². The first-order valence-corrected chi connectivity index (χ1v) is 13.0. The van der Waals surface area contributed by atoms with Crippen LogP contribution in [0.1, 0.15) is 18.9 Å². The summed E-state index contributed by atoms with van der Waals surface area (Å²) in [5.74, 6) is 0.893. The Morgan fingerprint density at radius 2 is 1.74 bits per heavy atom. The second kappa shape index (κ2) is 12.7. The number of anilines is 1. The number of rotatable bonds is 12. The van der Waals surface area contributed by atoms with Gasteiger partial charge < -0.3 is 30.0 Å². The molecular formula is C28H32N6O5. The van der Waals surface area contributed by atoms with E-state index in [1.807, 2.05) is 59.3 Å². The van der Waals surface area contributed by atoms with Crippen LogP contribution in [0, 0.1) is 0 Å². The molecule has 2 aromatic heterocycles. The van der Waals surface area contributed by atoms with Crippen molar-refractivity contribution in [2.75, 3.05) is 51.8 Å². The molecule has 11 heteroatoms. The summed E-state index contributed by atoms with van der Waals surface area (Å²) in [6.07, 6.45) is 3.32. The van der Waals surface area contributed by atoms with E-state index in [0.29, 0.717) is 24.8 Å². The van der Waals surface area contributed by atoms with Gasteiger partial charge in [-0.05, 0) is 37.1 Å². The van der Waals surface area contributed by atoms with E-state index in [4.69, 9.17) is 30.1 Å². The molecule has 5 rings (SSSR count). The molecule has 0 spiro atoms. The molecule has 0 bridgehead atoms. The number of carboxylic acids is 1. The van der Waals surface area contributed by atoms with Crippen LogP contribution in [0.25, 0.3) is 22.3 Å². The molecule has 0 unspecified atom stereocenters. The Morgan fingerprint density at radius 3 is 2.54 bits per heavy atom. The van der Waals surface area contributed by atoms with Crippen LogP contribution >= 0.6 is 0 Å². The van der Waals surface area contributed by atoms with Crippen LogP contribution in [0.4, 0.5) is 5.82 Å². The molecule has 3 heterocycles. The van der Waals surface area contributed by atoms with E-state index < -0.39 is 5.97 Å². The van der Waals surface area contributed by atoms with Crippen LogP contribution in [0.5, 0.6) is 11.5 Å². The Kier molecular flexibility index (Phi) is 8.61. The third kappa shape index (κ3) is 6.69. The van der Waals surface area contributed by atoms with Crippen molar-refractivity contribution in [1.29, 1.82) is 0 Å². The molecule has 1 fully saturated rings. The Bertz CT molecular complexity index is 1390. The van der Waals surface area contributed by atoms with Gasteiger partial charge in [-0.15, -0.1) is 0 Å². The molecule has 2 aromatic carbocycles. The highest BCUT2D eigenvalue weighted by Gasteiger charge is 2.26. The van der Waals surface area contributed by atoms with Gasteiger partial charge in [0.05, 0.1) is 31.2 Å². The lowest BCUT2D eigenvalue weighted by Gasteiger charge is -2.32. The summed E-state index contributed by atoms with van der Waals surface area (Å²) in [6.45, 7) is 3.54. The summed E-state index contributed by atoms with van der Waals surface area (Å²) >= 11 is 0. The zero-order valence-corrected chi connectivity index (χ0v) is 21.6. The van der Waals surface area contributed by atoms with Gasteiger partial charge in [0, 0.05) is 25.2 Å². The molecule has 11 nitrogen and oxygen atoms in total. The third-order valence-corrected chi connectivity index (χ3v) is 6.66. The Labute approximate surface area is 226 Å². The van der Waals surface area contributed by atoms with Crippen LogP contribution in [-0.4, -0.2) is 81.8 Å². The molecule has 0 aliphatic carbocycles. The molecule has 1 aliphatic heterocycles. The predicted molar refractivity (Wildman–Crippen MR) is 146 cm³/mol. The van der Waals surface area contributed by atoms with Crippen LogP contribution in [-0.2, 0) is 14.3 Å². The fourth-order valence-corrected chi connectivity index (χ4v) is 4.74. The van der Waals surface area contributed by atoms with Crippen LogP contribution in [0.3, 0.4) is 0 Å². The van der Waals surface area contributed by atoms with Gasteiger partial charge in [0.1, 0.15) is 35.9 Å². The molecule has 0 radical (unpaired) electrons. The molecule has 0 saturated carbocycles. The van der Waals surface area contributed by atoms with Crippen molar-refractivity contribution < 1.29 is 24.1 Å².